The summed E-state index contributed by atoms with van der Waals surface area (Å²) in [5.41, 5.74) is 0. The van der Waals surface area contributed by atoms with Crippen LogP contribution >= 0.6 is 0 Å². The van der Waals surface area contributed by atoms with Crippen LogP contribution in [0.1, 0.15) is 58.8 Å². The zero-order valence-electron chi connectivity index (χ0n) is 10.8. The molecule has 0 bridgehead atoms. The Bertz CT molecular complexity index is 246. The van der Waals surface area contributed by atoms with Crippen molar-refractivity contribution < 1.29 is 4.74 Å². The zero-order chi connectivity index (χ0) is 11.1. The van der Waals surface area contributed by atoms with E-state index in [4.69, 9.17) is 4.74 Å². The third-order valence-electron chi connectivity index (χ3n) is 5.66. The Morgan fingerprint density at radius 2 is 1.88 bits per heavy atom. The number of hydrogen-bond acceptors (Lipinski definition) is 1. The molecule has 5 atom stereocenters. The van der Waals surface area contributed by atoms with Crippen molar-refractivity contribution >= 4 is 0 Å². The van der Waals surface area contributed by atoms with E-state index < -0.39 is 0 Å². The Morgan fingerprint density at radius 1 is 1.06 bits per heavy atom. The van der Waals surface area contributed by atoms with Gasteiger partial charge in [0.05, 0.1) is 12.2 Å². The predicted molar refractivity (Wildman–Crippen MR) is 66.3 cm³/mol. The lowest BCUT2D eigenvalue weighted by atomic mass is 9.64. The Labute approximate surface area is 99.9 Å². The molecular formula is C15H26O. The molecule has 92 valence electrons. The fraction of sp³-hybridized carbons (Fsp3) is 1.00. The molecule has 1 heterocycles. The maximum Gasteiger partial charge on any atom is 0.0872 e. The minimum absolute atomic E-state index is 0.686. The van der Waals surface area contributed by atoms with Gasteiger partial charge >= 0.3 is 0 Å². The minimum Gasteiger partial charge on any atom is -0.369 e. The summed E-state index contributed by atoms with van der Waals surface area (Å²) < 4.78 is 5.80. The van der Waals surface area contributed by atoms with Crippen LogP contribution in [-0.4, -0.2) is 12.2 Å². The fourth-order valence-electron chi connectivity index (χ4n) is 4.62. The van der Waals surface area contributed by atoms with Gasteiger partial charge in [-0.3, -0.25) is 0 Å². The molecule has 2 aliphatic carbocycles. The van der Waals surface area contributed by atoms with Crippen molar-refractivity contribution in [3.8, 4) is 0 Å². The molecule has 1 nitrogen and oxygen atoms in total. The van der Waals surface area contributed by atoms with E-state index in [1.807, 2.05) is 0 Å². The molecule has 2 saturated carbocycles. The highest BCUT2D eigenvalue weighted by atomic mass is 16.6. The lowest BCUT2D eigenvalue weighted by Crippen LogP contribution is -2.34. The van der Waals surface area contributed by atoms with Gasteiger partial charge in [0.15, 0.2) is 0 Å². The lowest BCUT2D eigenvalue weighted by molar-refractivity contribution is 0.101. The molecule has 0 aromatic carbocycles. The first-order valence-corrected chi connectivity index (χ1v) is 7.48. The van der Waals surface area contributed by atoms with Crippen LogP contribution in [0.2, 0.25) is 0 Å². The summed E-state index contributed by atoms with van der Waals surface area (Å²) in [5.74, 6) is 4.00. The Balaban J connectivity index is 1.62. The maximum absolute atomic E-state index is 5.80. The molecule has 0 aromatic rings. The zero-order valence-corrected chi connectivity index (χ0v) is 10.8. The van der Waals surface area contributed by atoms with Gasteiger partial charge in [0.2, 0.25) is 0 Å². The van der Waals surface area contributed by atoms with Crippen molar-refractivity contribution in [1.29, 1.82) is 0 Å². The third-order valence-corrected chi connectivity index (χ3v) is 5.66. The van der Waals surface area contributed by atoms with Crippen molar-refractivity contribution in [3.63, 3.8) is 0 Å². The maximum atomic E-state index is 5.80. The SMILES string of the molecule is CCC(CC)C1CCC2C(CCC3OC32)C1. The number of rotatable bonds is 3. The monoisotopic (exact) mass is 222 g/mol. The van der Waals surface area contributed by atoms with Gasteiger partial charge in [-0.15, -0.1) is 0 Å². The topological polar surface area (TPSA) is 12.5 Å². The lowest BCUT2D eigenvalue weighted by Gasteiger charge is -2.40. The largest absolute Gasteiger partial charge is 0.369 e. The van der Waals surface area contributed by atoms with Crippen LogP contribution in [0.25, 0.3) is 0 Å². The summed E-state index contributed by atoms with van der Waals surface area (Å²) in [6.45, 7) is 4.75. The van der Waals surface area contributed by atoms with E-state index in [-0.39, 0.29) is 0 Å². The second-order valence-corrected chi connectivity index (χ2v) is 6.29. The highest BCUT2D eigenvalue weighted by Crippen LogP contribution is 2.52. The average Bonchev–Trinajstić information content (AvgIpc) is 3.09. The molecule has 0 aromatic heterocycles. The van der Waals surface area contributed by atoms with Crippen molar-refractivity contribution in [2.45, 2.75) is 71.0 Å². The highest BCUT2D eigenvalue weighted by molar-refractivity contribution is 5.00. The average molecular weight is 222 g/mol. The summed E-state index contributed by atoms with van der Waals surface area (Å²) in [6.07, 6.45) is 11.5. The van der Waals surface area contributed by atoms with Gasteiger partial charge in [0, 0.05) is 0 Å². The van der Waals surface area contributed by atoms with Crippen molar-refractivity contribution in [2.24, 2.45) is 23.7 Å². The van der Waals surface area contributed by atoms with Crippen LogP contribution in [0.4, 0.5) is 0 Å². The summed E-state index contributed by atoms with van der Waals surface area (Å²) in [7, 11) is 0. The molecule has 1 saturated heterocycles. The van der Waals surface area contributed by atoms with E-state index in [0.29, 0.717) is 12.2 Å². The first-order valence-electron chi connectivity index (χ1n) is 7.48. The molecule has 1 heteroatoms. The molecule has 0 spiro atoms. The van der Waals surface area contributed by atoms with Crippen molar-refractivity contribution in [3.05, 3.63) is 0 Å². The van der Waals surface area contributed by atoms with Crippen LogP contribution < -0.4 is 0 Å². The Kier molecular flexibility index (Phi) is 2.99. The third kappa shape index (κ3) is 1.81. The molecule has 3 fully saturated rings. The van der Waals surface area contributed by atoms with Gasteiger partial charge in [-0.05, 0) is 55.8 Å². The Hall–Kier alpha value is -0.0400. The minimum atomic E-state index is 0.686. The molecular weight excluding hydrogens is 196 g/mol. The summed E-state index contributed by atoms with van der Waals surface area (Å²) in [4.78, 5) is 0. The van der Waals surface area contributed by atoms with E-state index in [0.717, 1.165) is 23.7 Å². The van der Waals surface area contributed by atoms with Gasteiger partial charge in [-0.1, -0.05) is 26.7 Å². The normalized spacial score (nSPS) is 46.3. The first kappa shape index (κ1) is 11.1. The quantitative estimate of drug-likeness (QED) is 0.657. The van der Waals surface area contributed by atoms with E-state index >= 15 is 0 Å². The van der Waals surface area contributed by atoms with Crippen LogP contribution in [0.3, 0.4) is 0 Å². The van der Waals surface area contributed by atoms with Gasteiger partial charge < -0.3 is 4.74 Å². The molecule has 3 aliphatic rings. The molecule has 5 unspecified atom stereocenters. The second kappa shape index (κ2) is 4.33. The first-order chi connectivity index (χ1) is 7.83. The standard InChI is InChI=1S/C15H26O/c1-3-10(4-2)11-5-7-13-12(9-11)6-8-14-15(13)16-14/h10-15H,3-9H2,1-2H3. The molecule has 1 aliphatic heterocycles. The van der Waals surface area contributed by atoms with Gasteiger partial charge in [-0.25, -0.2) is 0 Å². The van der Waals surface area contributed by atoms with Crippen LogP contribution in [0, 0.1) is 23.7 Å². The van der Waals surface area contributed by atoms with Gasteiger partial charge in [0.25, 0.3) is 0 Å². The molecule has 3 rings (SSSR count). The highest BCUT2D eigenvalue weighted by Gasteiger charge is 2.52. The van der Waals surface area contributed by atoms with E-state index in [1.54, 1.807) is 0 Å². The number of hydrogen-bond donors (Lipinski definition) is 0. The number of ether oxygens (including phenoxy) is 1. The fourth-order valence-corrected chi connectivity index (χ4v) is 4.62. The van der Waals surface area contributed by atoms with Crippen LogP contribution in [0.5, 0.6) is 0 Å². The van der Waals surface area contributed by atoms with Crippen LogP contribution in [-0.2, 0) is 4.74 Å². The number of epoxide rings is 1. The van der Waals surface area contributed by atoms with E-state index in [1.165, 1.54) is 44.9 Å². The molecule has 0 amide bonds. The van der Waals surface area contributed by atoms with Crippen molar-refractivity contribution in [1.82, 2.24) is 0 Å². The van der Waals surface area contributed by atoms with Gasteiger partial charge in [-0.2, -0.15) is 0 Å². The Morgan fingerprint density at radius 3 is 2.62 bits per heavy atom. The van der Waals surface area contributed by atoms with E-state index in [2.05, 4.69) is 13.8 Å². The van der Waals surface area contributed by atoms with E-state index in [9.17, 15) is 0 Å². The van der Waals surface area contributed by atoms with Crippen LogP contribution in [0.15, 0.2) is 0 Å². The molecule has 16 heavy (non-hydrogen) atoms. The van der Waals surface area contributed by atoms with Gasteiger partial charge in [0.1, 0.15) is 0 Å². The predicted octanol–water partition coefficient (Wildman–Crippen LogP) is 4.02. The summed E-state index contributed by atoms with van der Waals surface area (Å²) >= 11 is 0. The summed E-state index contributed by atoms with van der Waals surface area (Å²) in [6, 6.07) is 0. The van der Waals surface area contributed by atoms with Crippen molar-refractivity contribution in [2.75, 3.05) is 0 Å². The second-order valence-electron chi connectivity index (χ2n) is 6.29. The molecule has 0 N–H and O–H groups in total. The molecule has 0 radical (unpaired) electrons. The smallest absolute Gasteiger partial charge is 0.0872 e. The summed E-state index contributed by atoms with van der Waals surface area (Å²) in [5, 5.41) is 0. The number of fused-ring (bicyclic) bond motifs is 3.